The number of hydrogen-bond acceptors (Lipinski definition) is 4. The van der Waals surface area contributed by atoms with Gasteiger partial charge in [-0.3, -0.25) is 4.79 Å². The minimum atomic E-state index is -0.156. The first-order valence-electron chi connectivity index (χ1n) is 6.79. The first-order chi connectivity index (χ1) is 9.61. The van der Waals surface area contributed by atoms with Crippen molar-refractivity contribution >= 4 is 17.2 Å². The first kappa shape index (κ1) is 15.0. The lowest BCUT2D eigenvalue weighted by atomic mass is 10.2. The summed E-state index contributed by atoms with van der Waals surface area (Å²) in [6, 6.07) is 2.04. The highest BCUT2D eigenvalue weighted by Gasteiger charge is 2.25. The largest absolute Gasteiger partial charge is 0.384 e. The zero-order valence-electron chi connectivity index (χ0n) is 11.9. The fraction of sp³-hybridized carbons (Fsp3) is 0.533. The number of carbonyl (C=O) groups is 1. The molecule has 1 aliphatic rings. The van der Waals surface area contributed by atoms with Crippen LogP contribution < -0.4 is 0 Å². The van der Waals surface area contributed by atoms with E-state index in [4.69, 9.17) is 5.11 Å². The van der Waals surface area contributed by atoms with E-state index in [-0.39, 0.29) is 18.6 Å². The Morgan fingerprint density at radius 3 is 3.10 bits per heavy atom. The van der Waals surface area contributed by atoms with Gasteiger partial charge in [0.25, 0.3) is 5.91 Å². The Morgan fingerprint density at radius 1 is 1.55 bits per heavy atom. The van der Waals surface area contributed by atoms with E-state index < -0.39 is 0 Å². The van der Waals surface area contributed by atoms with Gasteiger partial charge in [-0.15, -0.1) is 11.3 Å². The maximum absolute atomic E-state index is 12.6. The van der Waals surface area contributed by atoms with Gasteiger partial charge in [-0.1, -0.05) is 11.8 Å². The number of thiophene rings is 1. The van der Waals surface area contributed by atoms with Gasteiger partial charge in [-0.05, 0) is 33.0 Å². The molecule has 5 heteroatoms. The van der Waals surface area contributed by atoms with E-state index in [1.807, 2.05) is 16.3 Å². The van der Waals surface area contributed by atoms with Gasteiger partial charge in [0.1, 0.15) is 6.61 Å². The average Bonchev–Trinajstić information content (AvgIpc) is 2.82. The lowest BCUT2D eigenvalue weighted by Crippen LogP contribution is -2.41. The number of rotatable bonds is 1. The van der Waals surface area contributed by atoms with Crippen LogP contribution in [-0.2, 0) is 0 Å². The minimum absolute atomic E-state index is 0.0844. The van der Waals surface area contributed by atoms with Crippen LogP contribution in [0.3, 0.4) is 0 Å². The third-order valence-electron chi connectivity index (χ3n) is 3.44. The molecule has 0 spiro atoms. The topological polar surface area (TPSA) is 43.8 Å². The highest BCUT2D eigenvalue weighted by atomic mass is 32.1. The molecule has 1 unspecified atom stereocenters. The molecule has 1 saturated heterocycles. The molecule has 20 heavy (non-hydrogen) atoms. The third kappa shape index (κ3) is 3.60. The van der Waals surface area contributed by atoms with E-state index in [9.17, 15) is 4.79 Å². The van der Waals surface area contributed by atoms with E-state index in [0.29, 0.717) is 5.56 Å². The van der Waals surface area contributed by atoms with Crippen molar-refractivity contribution in [1.29, 1.82) is 0 Å². The van der Waals surface area contributed by atoms with Crippen LogP contribution in [0.2, 0.25) is 0 Å². The number of nitrogens with zero attached hydrogens (tertiary/aromatic N) is 2. The summed E-state index contributed by atoms with van der Waals surface area (Å²) in [6.45, 7) is 4.69. The van der Waals surface area contributed by atoms with Crippen molar-refractivity contribution in [1.82, 2.24) is 9.80 Å². The number of carbonyl (C=O) groups excluding carboxylic acids is 1. The molecule has 1 atom stereocenters. The summed E-state index contributed by atoms with van der Waals surface area (Å²) in [7, 11) is 2.09. The number of amides is 1. The fourth-order valence-corrected chi connectivity index (χ4v) is 3.23. The third-order valence-corrected chi connectivity index (χ3v) is 4.29. The molecule has 0 aliphatic carbocycles. The van der Waals surface area contributed by atoms with Crippen LogP contribution in [0, 0.1) is 11.8 Å². The molecule has 1 aromatic rings. The Morgan fingerprint density at radius 2 is 2.35 bits per heavy atom. The summed E-state index contributed by atoms with van der Waals surface area (Å²) >= 11 is 1.45. The highest BCUT2D eigenvalue weighted by Crippen LogP contribution is 2.18. The zero-order chi connectivity index (χ0) is 14.5. The van der Waals surface area contributed by atoms with Gasteiger partial charge in [0.05, 0.1) is 10.4 Å². The van der Waals surface area contributed by atoms with E-state index in [1.165, 1.54) is 11.3 Å². The average molecular weight is 292 g/mol. The first-order valence-corrected chi connectivity index (χ1v) is 7.67. The molecule has 4 nitrogen and oxygen atoms in total. The van der Waals surface area contributed by atoms with Crippen molar-refractivity contribution in [3.8, 4) is 11.8 Å². The summed E-state index contributed by atoms with van der Waals surface area (Å²) in [5.74, 6) is 5.53. The molecule has 1 aromatic heterocycles. The Labute approximate surface area is 124 Å². The van der Waals surface area contributed by atoms with E-state index in [1.54, 1.807) is 0 Å². The second-order valence-electron chi connectivity index (χ2n) is 5.12. The lowest BCUT2D eigenvalue weighted by Gasteiger charge is -2.27. The van der Waals surface area contributed by atoms with Crippen LogP contribution in [0.15, 0.2) is 11.4 Å². The number of aliphatic hydroxyl groups excluding tert-OH is 1. The van der Waals surface area contributed by atoms with E-state index in [2.05, 4.69) is 30.7 Å². The Hall–Kier alpha value is -1.35. The van der Waals surface area contributed by atoms with Crippen molar-refractivity contribution in [3.63, 3.8) is 0 Å². The fourth-order valence-electron chi connectivity index (χ4n) is 2.48. The smallest absolute Gasteiger partial charge is 0.255 e. The molecule has 2 heterocycles. The maximum Gasteiger partial charge on any atom is 0.255 e. The van der Waals surface area contributed by atoms with Gasteiger partial charge in [0, 0.05) is 24.5 Å². The molecule has 1 aliphatic heterocycles. The van der Waals surface area contributed by atoms with Gasteiger partial charge >= 0.3 is 0 Å². The van der Waals surface area contributed by atoms with Crippen LogP contribution in [-0.4, -0.2) is 60.1 Å². The van der Waals surface area contributed by atoms with Gasteiger partial charge < -0.3 is 14.9 Å². The Balaban J connectivity index is 2.11. The Bertz CT molecular complexity index is 529. The summed E-state index contributed by atoms with van der Waals surface area (Å²) in [5, 5.41) is 10.5. The molecule has 0 radical (unpaired) electrons. The molecule has 2 rings (SSSR count). The quantitative estimate of drug-likeness (QED) is 0.793. The summed E-state index contributed by atoms with van der Waals surface area (Å²) < 4.78 is 0. The van der Waals surface area contributed by atoms with Crippen LogP contribution in [0.4, 0.5) is 0 Å². The zero-order valence-corrected chi connectivity index (χ0v) is 12.7. The van der Waals surface area contributed by atoms with Crippen molar-refractivity contribution in [2.24, 2.45) is 0 Å². The van der Waals surface area contributed by atoms with Crippen molar-refractivity contribution in [3.05, 3.63) is 21.9 Å². The second kappa shape index (κ2) is 6.89. The molecule has 0 aromatic carbocycles. The molecule has 108 valence electrons. The van der Waals surface area contributed by atoms with Gasteiger partial charge in [0.15, 0.2) is 0 Å². The van der Waals surface area contributed by atoms with Crippen LogP contribution in [0.5, 0.6) is 0 Å². The van der Waals surface area contributed by atoms with E-state index in [0.717, 1.165) is 30.9 Å². The van der Waals surface area contributed by atoms with E-state index >= 15 is 0 Å². The SMILES string of the molecule is CC1CN(C)CCCN1C(=O)c1csc(C#CCO)c1. The van der Waals surface area contributed by atoms with Crippen LogP contribution in [0.1, 0.15) is 28.6 Å². The monoisotopic (exact) mass is 292 g/mol. The molecule has 1 fully saturated rings. The Kier molecular flexibility index (Phi) is 5.18. The summed E-state index contributed by atoms with van der Waals surface area (Å²) in [5.41, 5.74) is 0.702. The highest BCUT2D eigenvalue weighted by molar-refractivity contribution is 7.10. The van der Waals surface area contributed by atoms with Gasteiger partial charge in [-0.2, -0.15) is 0 Å². The molecule has 0 saturated carbocycles. The minimum Gasteiger partial charge on any atom is -0.384 e. The molecular weight excluding hydrogens is 272 g/mol. The second-order valence-corrected chi connectivity index (χ2v) is 6.03. The molecule has 1 amide bonds. The predicted molar refractivity (Wildman–Crippen MR) is 80.9 cm³/mol. The van der Waals surface area contributed by atoms with Crippen LogP contribution in [0.25, 0.3) is 0 Å². The molecule has 1 N–H and O–H groups in total. The summed E-state index contributed by atoms with van der Waals surface area (Å²) in [6.07, 6.45) is 1.01. The lowest BCUT2D eigenvalue weighted by molar-refractivity contribution is 0.0697. The van der Waals surface area contributed by atoms with Gasteiger partial charge in [-0.25, -0.2) is 0 Å². The van der Waals surface area contributed by atoms with Crippen molar-refractivity contribution in [2.45, 2.75) is 19.4 Å². The normalized spacial score (nSPS) is 20.1. The maximum atomic E-state index is 12.6. The molecular formula is C15H20N2O2S. The number of hydrogen-bond donors (Lipinski definition) is 1. The van der Waals surface area contributed by atoms with Crippen LogP contribution >= 0.6 is 11.3 Å². The standard InChI is InChI=1S/C15H20N2O2S/c1-12-10-16(2)6-4-7-17(12)15(19)13-9-14(20-11-13)5-3-8-18/h9,11-12,18H,4,6-8,10H2,1-2H3. The molecule has 0 bridgehead atoms. The van der Waals surface area contributed by atoms with Crippen molar-refractivity contribution in [2.75, 3.05) is 33.3 Å². The summed E-state index contributed by atoms with van der Waals surface area (Å²) in [4.78, 5) is 17.6. The van der Waals surface area contributed by atoms with Gasteiger partial charge in [0.2, 0.25) is 0 Å². The number of aliphatic hydroxyl groups is 1. The predicted octanol–water partition coefficient (Wildman–Crippen LogP) is 1.26. The number of likely N-dealkylation sites (N-methyl/N-ethyl adjacent to an activating group) is 1. The van der Waals surface area contributed by atoms with Crippen molar-refractivity contribution < 1.29 is 9.90 Å².